The molecule has 2 heterocycles. The molecule has 1 saturated carbocycles. The maximum Gasteiger partial charge on any atom is 0.250 e. The summed E-state index contributed by atoms with van der Waals surface area (Å²) in [5.41, 5.74) is 5.70. The molecule has 1 aliphatic heterocycles. The smallest absolute Gasteiger partial charge is 0.250 e. The Morgan fingerprint density at radius 2 is 1.89 bits per heavy atom. The minimum Gasteiger partial charge on any atom is -0.434 e. The molecule has 6 rings (SSSR count). The summed E-state index contributed by atoms with van der Waals surface area (Å²) in [5.74, 6) is 0.732. The standard InChI is InChI=1S/C29H27FN4O2/c1-17-10-11-20(18(2)14-17)15-21-16-35-34-28(31-21)26-23-6-3-4-8-24(23)32-33-29(26)36-25-9-5-7-22(27(25)30)19-12-13-19/h3-11,14,19,21H,12-13,15-16H2,1-2H3,(H,31,34). The summed E-state index contributed by atoms with van der Waals surface area (Å²) in [4.78, 5) is 5.67. The highest BCUT2D eigenvalue weighted by atomic mass is 19.1. The number of nitrogens with zero attached hydrogens (tertiary/aromatic N) is 3. The first kappa shape index (κ1) is 22.5. The molecular weight excluding hydrogens is 455 g/mol. The number of ether oxygens (including phenoxy) is 1. The second-order valence-corrected chi connectivity index (χ2v) is 9.64. The van der Waals surface area contributed by atoms with Crippen LogP contribution in [0.4, 0.5) is 4.39 Å². The largest absolute Gasteiger partial charge is 0.434 e. The molecule has 6 nitrogen and oxygen atoms in total. The summed E-state index contributed by atoms with van der Waals surface area (Å²) in [6.45, 7) is 4.65. The van der Waals surface area contributed by atoms with E-state index in [4.69, 9.17) is 9.57 Å². The number of oxime groups is 1. The van der Waals surface area contributed by atoms with E-state index in [0.29, 0.717) is 29.1 Å². The molecule has 4 aromatic rings. The maximum atomic E-state index is 15.3. The van der Waals surface area contributed by atoms with Crippen LogP contribution in [0, 0.1) is 19.7 Å². The van der Waals surface area contributed by atoms with Gasteiger partial charge in [-0.25, -0.2) is 4.39 Å². The van der Waals surface area contributed by atoms with E-state index >= 15 is 4.39 Å². The fourth-order valence-electron chi connectivity index (χ4n) is 4.78. The van der Waals surface area contributed by atoms with Gasteiger partial charge in [0.25, 0.3) is 5.88 Å². The minimum atomic E-state index is -0.344. The molecule has 1 unspecified atom stereocenters. The van der Waals surface area contributed by atoms with E-state index in [9.17, 15) is 0 Å². The van der Waals surface area contributed by atoms with Crippen molar-refractivity contribution < 1.29 is 14.0 Å². The Hall–Kier alpha value is -4.00. The van der Waals surface area contributed by atoms with Gasteiger partial charge in [-0.3, -0.25) is 0 Å². The van der Waals surface area contributed by atoms with Gasteiger partial charge in [0.05, 0.1) is 17.1 Å². The van der Waals surface area contributed by atoms with Crippen molar-refractivity contribution in [3.63, 3.8) is 0 Å². The average molecular weight is 483 g/mol. The van der Waals surface area contributed by atoms with Gasteiger partial charge in [-0.05, 0) is 67.9 Å². The van der Waals surface area contributed by atoms with Crippen LogP contribution >= 0.6 is 0 Å². The predicted octanol–water partition coefficient (Wildman–Crippen LogP) is 5.95. The Morgan fingerprint density at radius 3 is 2.72 bits per heavy atom. The average Bonchev–Trinajstić information content (AvgIpc) is 3.72. The number of fused-ring (bicyclic) bond motifs is 1. The van der Waals surface area contributed by atoms with Crippen molar-refractivity contribution >= 4 is 16.7 Å². The molecule has 0 amide bonds. The van der Waals surface area contributed by atoms with E-state index in [2.05, 4.69) is 52.7 Å². The molecule has 36 heavy (non-hydrogen) atoms. The molecular formula is C29H27FN4O2. The number of amidine groups is 1. The fourth-order valence-corrected chi connectivity index (χ4v) is 4.78. The van der Waals surface area contributed by atoms with Crippen molar-refractivity contribution in [3.8, 4) is 11.6 Å². The van der Waals surface area contributed by atoms with Gasteiger partial charge >= 0.3 is 0 Å². The van der Waals surface area contributed by atoms with E-state index in [1.807, 2.05) is 36.4 Å². The van der Waals surface area contributed by atoms with Gasteiger partial charge in [0.2, 0.25) is 0 Å². The highest BCUT2D eigenvalue weighted by Crippen LogP contribution is 2.43. The zero-order valence-electron chi connectivity index (χ0n) is 20.3. The predicted molar refractivity (Wildman–Crippen MR) is 137 cm³/mol. The van der Waals surface area contributed by atoms with Crippen LogP contribution in [0.15, 0.2) is 65.8 Å². The van der Waals surface area contributed by atoms with Crippen LogP contribution in [0.1, 0.15) is 46.6 Å². The molecule has 1 atom stereocenters. The Balaban J connectivity index is 1.36. The normalized spacial score (nSPS) is 17.3. The van der Waals surface area contributed by atoms with E-state index in [-0.39, 0.29) is 29.4 Å². The summed E-state index contributed by atoms with van der Waals surface area (Å²) >= 11 is 0. The number of rotatable bonds is 6. The fraction of sp³-hybridized carbons (Fsp3) is 0.276. The number of hydrogen-bond donors (Lipinski definition) is 1. The van der Waals surface area contributed by atoms with Crippen LogP contribution in [0.5, 0.6) is 11.6 Å². The molecule has 1 fully saturated rings. The van der Waals surface area contributed by atoms with Gasteiger partial charge in [-0.15, -0.1) is 10.2 Å². The lowest BCUT2D eigenvalue weighted by molar-refractivity contribution is 0.109. The lowest BCUT2D eigenvalue weighted by Gasteiger charge is -2.26. The highest BCUT2D eigenvalue weighted by Gasteiger charge is 2.29. The van der Waals surface area contributed by atoms with Crippen LogP contribution in [0.25, 0.3) is 10.9 Å². The molecule has 3 aromatic carbocycles. The Morgan fingerprint density at radius 1 is 1.03 bits per heavy atom. The van der Waals surface area contributed by atoms with Crippen molar-refractivity contribution in [2.24, 2.45) is 5.16 Å². The first-order valence-corrected chi connectivity index (χ1v) is 12.3. The number of aromatic nitrogens is 2. The summed E-state index contributed by atoms with van der Waals surface area (Å²) in [6, 6.07) is 19.4. The second kappa shape index (κ2) is 9.22. The van der Waals surface area contributed by atoms with E-state index in [1.165, 1.54) is 16.7 Å². The maximum absolute atomic E-state index is 15.3. The number of benzene rings is 3. The molecule has 0 spiro atoms. The van der Waals surface area contributed by atoms with Gasteiger partial charge < -0.3 is 14.9 Å². The molecule has 0 radical (unpaired) electrons. The quantitative estimate of drug-likeness (QED) is 0.368. The first-order valence-electron chi connectivity index (χ1n) is 12.3. The number of nitrogens with one attached hydrogen (secondary N) is 1. The van der Waals surface area contributed by atoms with Gasteiger partial charge in [-0.2, -0.15) is 0 Å². The second-order valence-electron chi connectivity index (χ2n) is 9.64. The van der Waals surface area contributed by atoms with Crippen molar-refractivity contribution in [2.75, 3.05) is 6.61 Å². The number of hydrogen-bond acceptors (Lipinski definition) is 6. The topological polar surface area (TPSA) is 68.6 Å². The molecule has 2 aliphatic rings. The van der Waals surface area contributed by atoms with Gasteiger partial charge in [0, 0.05) is 5.39 Å². The Bertz CT molecular complexity index is 1480. The van der Waals surface area contributed by atoms with Crippen LogP contribution in [0.2, 0.25) is 0 Å². The monoisotopic (exact) mass is 482 g/mol. The Kier molecular flexibility index (Phi) is 5.76. The van der Waals surface area contributed by atoms with E-state index in [1.54, 1.807) is 6.07 Å². The third-order valence-electron chi connectivity index (χ3n) is 6.83. The SMILES string of the molecule is Cc1ccc(CC2CON=C(c3c(Oc4cccc(C5CC5)c4F)nnc4ccccc34)N2)c(C)c1. The van der Waals surface area contributed by atoms with Gasteiger partial charge in [0.15, 0.2) is 17.4 Å². The number of aryl methyl sites for hydroxylation is 2. The lowest BCUT2D eigenvalue weighted by atomic mass is 9.99. The molecule has 1 aromatic heterocycles. The van der Waals surface area contributed by atoms with Crippen LogP contribution in [-0.4, -0.2) is 28.7 Å². The zero-order chi connectivity index (χ0) is 24.6. The van der Waals surface area contributed by atoms with Crippen molar-refractivity contribution in [3.05, 3.63) is 94.3 Å². The number of halogens is 1. The summed E-state index contributed by atoms with van der Waals surface area (Å²) in [5, 5.41) is 17.3. The van der Waals surface area contributed by atoms with Crippen LogP contribution in [0.3, 0.4) is 0 Å². The molecule has 1 N–H and O–H groups in total. The van der Waals surface area contributed by atoms with E-state index in [0.717, 1.165) is 24.6 Å². The summed E-state index contributed by atoms with van der Waals surface area (Å²) in [7, 11) is 0. The van der Waals surface area contributed by atoms with Crippen molar-refractivity contribution in [2.45, 2.75) is 45.1 Å². The van der Waals surface area contributed by atoms with Crippen LogP contribution in [-0.2, 0) is 11.3 Å². The zero-order valence-corrected chi connectivity index (χ0v) is 20.3. The van der Waals surface area contributed by atoms with Crippen molar-refractivity contribution in [1.82, 2.24) is 15.5 Å². The van der Waals surface area contributed by atoms with Gasteiger partial charge in [0.1, 0.15) is 6.61 Å². The lowest BCUT2D eigenvalue weighted by Crippen LogP contribution is -2.43. The molecule has 0 bridgehead atoms. The molecule has 182 valence electrons. The first-order chi connectivity index (χ1) is 17.6. The highest BCUT2D eigenvalue weighted by molar-refractivity contribution is 6.10. The third kappa shape index (κ3) is 4.37. The molecule has 0 saturated heterocycles. The summed E-state index contributed by atoms with van der Waals surface area (Å²) < 4.78 is 21.3. The summed E-state index contributed by atoms with van der Waals surface area (Å²) in [6.07, 6.45) is 2.78. The van der Waals surface area contributed by atoms with E-state index < -0.39 is 0 Å². The minimum absolute atomic E-state index is 0.00591. The Labute approximate surface area is 209 Å². The molecule has 1 aliphatic carbocycles. The van der Waals surface area contributed by atoms with Crippen molar-refractivity contribution in [1.29, 1.82) is 0 Å². The third-order valence-corrected chi connectivity index (χ3v) is 6.83. The van der Waals surface area contributed by atoms with Crippen LogP contribution < -0.4 is 10.1 Å². The van der Waals surface area contributed by atoms with Gasteiger partial charge in [-0.1, -0.05) is 59.3 Å². The molecule has 7 heteroatoms.